The van der Waals surface area contributed by atoms with E-state index >= 15 is 0 Å². The molecule has 0 heterocycles. The Bertz CT molecular complexity index is 697. The molecule has 1 aromatic rings. The van der Waals surface area contributed by atoms with Crippen molar-refractivity contribution in [2.45, 2.75) is 25.3 Å². The first kappa shape index (κ1) is 20.9. The van der Waals surface area contributed by atoms with Gasteiger partial charge in [0.1, 0.15) is 0 Å². The molecule has 0 fully saturated rings. The number of aliphatic imine (C=N–C) groups is 1. The van der Waals surface area contributed by atoms with E-state index in [1.807, 2.05) is 0 Å². The molecule has 0 aliphatic rings. The summed E-state index contributed by atoms with van der Waals surface area (Å²) in [6.45, 7) is 5.34. The van der Waals surface area contributed by atoms with Crippen molar-refractivity contribution in [3.63, 3.8) is 0 Å². The van der Waals surface area contributed by atoms with Gasteiger partial charge in [-0.15, -0.1) is 0 Å². The first-order valence-electron chi connectivity index (χ1n) is 7.93. The van der Waals surface area contributed by atoms with Crippen LogP contribution in [0.3, 0.4) is 0 Å². The number of hydrogen-bond acceptors (Lipinski definition) is 4. The molecule has 0 aromatic heterocycles. The monoisotopic (exact) mass is 369 g/mol. The number of primary sulfonamides is 1. The van der Waals surface area contributed by atoms with E-state index in [9.17, 15) is 13.2 Å². The Morgan fingerprint density at radius 2 is 1.80 bits per heavy atom. The highest BCUT2D eigenvalue weighted by Gasteiger charge is 2.08. The van der Waals surface area contributed by atoms with Gasteiger partial charge in [-0.05, 0) is 23.6 Å². The summed E-state index contributed by atoms with van der Waals surface area (Å²) in [5, 5.41) is 11.2. The molecule has 1 amide bonds. The third kappa shape index (κ3) is 7.99. The Balaban J connectivity index is 2.77. The number of nitrogens with zero attached hydrogens (tertiary/aromatic N) is 2. The summed E-state index contributed by atoms with van der Waals surface area (Å²) in [5.41, 5.74) is 0.831. The number of amides is 1. The van der Waals surface area contributed by atoms with E-state index < -0.39 is 10.0 Å². The van der Waals surface area contributed by atoms with Gasteiger partial charge in [0.2, 0.25) is 15.9 Å². The largest absolute Gasteiger partial charge is 0.356 e. The molecule has 8 nitrogen and oxygen atoms in total. The van der Waals surface area contributed by atoms with Crippen molar-refractivity contribution in [3.8, 4) is 0 Å². The zero-order valence-corrected chi connectivity index (χ0v) is 15.9. The van der Waals surface area contributed by atoms with Crippen molar-refractivity contribution in [3.05, 3.63) is 29.8 Å². The quantitative estimate of drug-likeness (QED) is 0.466. The maximum atomic E-state index is 11.7. The molecule has 0 aliphatic carbocycles. The highest BCUT2D eigenvalue weighted by molar-refractivity contribution is 7.89. The highest BCUT2D eigenvalue weighted by atomic mass is 32.2. The zero-order valence-electron chi connectivity index (χ0n) is 15.1. The van der Waals surface area contributed by atoms with Gasteiger partial charge in [-0.3, -0.25) is 4.79 Å². The Labute approximate surface area is 149 Å². The number of carbonyl (C=O) groups is 1. The Morgan fingerprint density at radius 1 is 1.20 bits per heavy atom. The minimum Gasteiger partial charge on any atom is -0.356 e. The molecule has 0 bridgehead atoms. The maximum Gasteiger partial charge on any atom is 0.241 e. The number of sulfonamides is 1. The normalized spacial score (nSPS) is 12.2. The topological polar surface area (TPSA) is 117 Å². The number of nitrogens with two attached hydrogens (primary N) is 1. The number of guanidine groups is 1. The fraction of sp³-hybridized carbons (Fsp3) is 0.500. The van der Waals surface area contributed by atoms with E-state index in [2.05, 4.69) is 29.5 Å². The van der Waals surface area contributed by atoms with Crippen LogP contribution in [0.5, 0.6) is 0 Å². The van der Waals surface area contributed by atoms with Gasteiger partial charge < -0.3 is 15.5 Å². The number of nitrogens with one attached hydrogen (secondary N) is 2. The lowest BCUT2D eigenvalue weighted by atomic mass is 10.2. The van der Waals surface area contributed by atoms with Crippen molar-refractivity contribution in [1.29, 1.82) is 0 Å². The summed E-state index contributed by atoms with van der Waals surface area (Å²) < 4.78 is 22.5. The van der Waals surface area contributed by atoms with Gasteiger partial charge in [0.25, 0.3) is 0 Å². The van der Waals surface area contributed by atoms with Crippen molar-refractivity contribution < 1.29 is 13.2 Å². The van der Waals surface area contributed by atoms with Gasteiger partial charge in [0, 0.05) is 20.6 Å². The molecule has 4 N–H and O–H groups in total. The lowest BCUT2D eigenvalue weighted by Gasteiger charge is -2.16. The van der Waals surface area contributed by atoms with Crippen LogP contribution in [-0.2, 0) is 21.4 Å². The van der Waals surface area contributed by atoms with E-state index in [-0.39, 0.29) is 17.3 Å². The van der Waals surface area contributed by atoms with Crippen LogP contribution in [-0.4, -0.2) is 52.4 Å². The molecule has 0 spiro atoms. The van der Waals surface area contributed by atoms with Gasteiger partial charge in [-0.2, -0.15) is 0 Å². The molecule has 1 rings (SSSR count). The molecule has 0 unspecified atom stereocenters. The third-order valence-corrected chi connectivity index (χ3v) is 4.18. The summed E-state index contributed by atoms with van der Waals surface area (Å²) in [6, 6.07) is 6.22. The summed E-state index contributed by atoms with van der Waals surface area (Å²) in [4.78, 5) is 17.7. The average molecular weight is 369 g/mol. The van der Waals surface area contributed by atoms with Crippen molar-refractivity contribution >= 4 is 21.9 Å². The summed E-state index contributed by atoms with van der Waals surface area (Å²) in [7, 11) is -0.318. The third-order valence-electron chi connectivity index (χ3n) is 3.26. The van der Waals surface area contributed by atoms with Gasteiger partial charge in [0.05, 0.1) is 18.0 Å². The Morgan fingerprint density at radius 3 is 2.28 bits per heavy atom. The molecule has 0 saturated heterocycles. The highest BCUT2D eigenvalue weighted by Crippen LogP contribution is 2.09. The standard InChI is InChI=1S/C16H27N5O3S/c1-12(2)9-18-16(20-11-15(22)21(3)4)19-10-13-5-7-14(8-6-13)25(17,23)24/h5-8,12H,9-11H2,1-4H3,(H2,17,23,24)(H2,18,19,20). The average Bonchev–Trinajstić information content (AvgIpc) is 2.53. The van der Waals surface area contributed by atoms with Crippen LogP contribution in [0.25, 0.3) is 0 Å². The fourth-order valence-electron chi connectivity index (χ4n) is 1.75. The van der Waals surface area contributed by atoms with Crippen LogP contribution in [0.4, 0.5) is 0 Å². The second kappa shape index (κ2) is 9.38. The summed E-state index contributed by atoms with van der Waals surface area (Å²) in [5.74, 6) is 0.890. The molecular weight excluding hydrogens is 342 g/mol. The minimum atomic E-state index is -3.70. The minimum absolute atomic E-state index is 0.0587. The number of benzene rings is 1. The molecule has 0 atom stereocenters. The number of carbonyl (C=O) groups excluding carboxylic acids is 1. The molecular formula is C16H27N5O3S. The van der Waals surface area contributed by atoms with Gasteiger partial charge >= 0.3 is 0 Å². The number of rotatable bonds is 7. The Kier molecular flexibility index (Phi) is 7.85. The van der Waals surface area contributed by atoms with Crippen LogP contribution in [0, 0.1) is 5.92 Å². The lowest BCUT2D eigenvalue weighted by Crippen LogP contribution is -2.44. The zero-order chi connectivity index (χ0) is 19.0. The van der Waals surface area contributed by atoms with Crippen LogP contribution in [0.15, 0.2) is 34.2 Å². The molecule has 0 aliphatic heterocycles. The van der Waals surface area contributed by atoms with Crippen molar-refractivity contribution in [2.24, 2.45) is 16.0 Å². The van der Waals surface area contributed by atoms with Gasteiger partial charge in [-0.1, -0.05) is 26.0 Å². The molecule has 0 saturated carbocycles. The van der Waals surface area contributed by atoms with Crippen molar-refractivity contribution in [1.82, 2.24) is 15.5 Å². The van der Waals surface area contributed by atoms with E-state index in [1.54, 1.807) is 26.2 Å². The summed E-state index contributed by atoms with van der Waals surface area (Å²) in [6.07, 6.45) is 0. The van der Waals surface area contributed by atoms with Crippen molar-refractivity contribution in [2.75, 3.05) is 27.2 Å². The van der Waals surface area contributed by atoms with E-state index in [0.717, 1.165) is 5.56 Å². The summed E-state index contributed by atoms with van der Waals surface area (Å²) >= 11 is 0. The molecule has 1 aromatic carbocycles. The predicted molar refractivity (Wildman–Crippen MR) is 98.5 cm³/mol. The van der Waals surface area contributed by atoms with Crippen LogP contribution in [0.1, 0.15) is 19.4 Å². The number of likely N-dealkylation sites (N-methyl/N-ethyl adjacent to an activating group) is 1. The SMILES string of the molecule is CC(C)CNC(=NCc1ccc(S(N)(=O)=O)cc1)NCC(=O)N(C)C. The van der Waals surface area contributed by atoms with Crippen LogP contribution < -0.4 is 15.8 Å². The molecule has 25 heavy (non-hydrogen) atoms. The van der Waals surface area contributed by atoms with E-state index in [4.69, 9.17) is 5.14 Å². The molecule has 9 heteroatoms. The maximum absolute atomic E-state index is 11.7. The fourth-order valence-corrected chi connectivity index (χ4v) is 2.26. The second-order valence-electron chi connectivity index (χ2n) is 6.27. The van der Waals surface area contributed by atoms with Gasteiger partial charge in [0.15, 0.2) is 5.96 Å². The first-order valence-corrected chi connectivity index (χ1v) is 9.48. The lowest BCUT2D eigenvalue weighted by molar-refractivity contribution is -0.127. The number of hydrogen-bond donors (Lipinski definition) is 3. The molecule has 140 valence electrons. The first-order chi connectivity index (χ1) is 11.6. The molecule has 0 radical (unpaired) electrons. The predicted octanol–water partition coefficient (Wildman–Crippen LogP) is 0.113. The Hall–Kier alpha value is -2.13. The van der Waals surface area contributed by atoms with Crippen LogP contribution >= 0.6 is 0 Å². The van der Waals surface area contributed by atoms with Gasteiger partial charge in [-0.25, -0.2) is 18.5 Å². The van der Waals surface area contributed by atoms with E-state index in [1.165, 1.54) is 17.0 Å². The second-order valence-corrected chi connectivity index (χ2v) is 7.83. The van der Waals surface area contributed by atoms with E-state index in [0.29, 0.717) is 25.0 Å². The smallest absolute Gasteiger partial charge is 0.241 e. The van der Waals surface area contributed by atoms with Crippen LogP contribution in [0.2, 0.25) is 0 Å².